The highest BCUT2D eigenvalue weighted by Gasteiger charge is 2.27. The summed E-state index contributed by atoms with van der Waals surface area (Å²) in [7, 11) is 0. The lowest BCUT2D eigenvalue weighted by Crippen LogP contribution is -2.40. The number of rotatable bonds is 4. The van der Waals surface area contributed by atoms with Crippen molar-refractivity contribution < 1.29 is 9.90 Å². The molecule has 0 atom stereocenters. The van der Waals surface area contributed by atoms with Gasteiger partial charge in [0.15, 0.2) is 0 Å². The van der Waals surface area contributed by atoms with Crippen LogP contribution in [-0.2, 0) is 0 Å². The fourth-order valence-electron chi connectivity index (χ4n) is 2.46. The predicted molar refractivity (Wildman–Crippen MR) is 69.4 cm³/mol. The normalized spacial score (nSPS) is 16.4. The van der Waals surface area contributed by atoms with Crippen molar-refractivity contribution in [3.63, 3.8) is 0 Å². The van der Waals surface area contributed by atoms with Gasteiger partial charge in [-0.15, -0.1) is 11.3 Å². The van der Waals surface area contributed by atoms with Gasteiger partial charge in [-0.1, -0.05) is 12.8 Å². The highest BCUT2D eigenvalue weighted by molar-refractivity contribution is 7.13. The van der Waals surface area contributed by atoms with Crippen LogP contribution in [0.15, 0.2) is 12.1 Å². The van der Waals surface area contributed by atoms with E-state index in [1.54, 1.807) is 0 Å². The lowest BCUT2D eigenvalue weighted by Gasteiger charge is -2.27. The number of aliphatic hydroxyl groups excluding tert-OH is 1. The standard InChI is InChI=1S/C13H19NO2S/c1-10-6-7-12(17-10)13(16)14(8-9-15)11-4-2-3-5-11/h6-7,11,15H,2-5,8-9H2,1H3. The number of amides is 1. The molecule has 1 N–H and O–H groups in total. The highest BCUT2D eigenvalue weighted by Crippen LogP contribution is 2.26. The van der Waals surface area contributed by atoms with Crippen molar-refractivity contribution in [1.82, 2.24) is 4.90 Å². The van der Waals surface area contributed by atoms with Crippen molar-refractivity contribution in [2.75, 3.05) is 13.2 Å². The van der Waals surface area contributed by atoms with Gasteiger partial charge in [-0.2, -0.15) is 0 Å². The molecular weight excluding hydrogens is 234 g/mol. The van der Waals surface area contributed by atoms with Crippen LogP contribution in [0.2, 0.25) is 0 Å². The van der Waals surface area contributed by atoms with Gasteiger partial charge in [0.2, 0.25) is 0 Å². The van der Waals surface area contributed by atoms with E-state index in [2.05, 4.69) is 0 Å². The average Bonchev–Trinajstić information content (AvgIpc) is 2.95. The van der Waals surface area contributed by atoms with E-state index in [1.165, 1.54) is 24.2 Å². The molecule has 0 unspecified atom stereocenters. The number of carbonyl (C=O) groups excluding carboxylic acids is 1. The van der Waals surface area contributed by atoms with Gasteiger partial charge < -0.3 is 10.0 Å². The number of nitrogens with zero attached hydrogens (tertiary/aromatic N) is 1. The molecule has 0 radical (unpaired) electrons. The Kier molecular flexibility index (Phi) is 4.18. The number of hydrogen-bond donors (Lipinski definition) is 1. The minimum atomic E-state index is 0.0482. The van der Waals surface area contributed by atoms with Crippen molar-refractivity contribution in [3.05, 3.63) is 21.9 Å². The van der Waals surface area contributed by atoms with Crippen molar-refractivity contribution in [2.24, 2.45) is 0 Å². The molecule has 1 fully saturated rings. The van der Waals surface area contributed by atoms with E-state index in [1.807, 2.05) is 24.0 Å². The van der Waals surface area contributed by atoms with Gasteiger partial charge in [-0.05, 0) is 31.9 Å². The second-order valence-electron chi connectivity index (χ2n) is 4.57. The molecule has 4 heteroatoms. The molecule has 1 saturated carbocycles. The second kappa shape index (κ2) is 5.65. The van der Waals surface area contributed by atoms with Gasteiger partial charge in [0.05, 0.1) is 11.5 Å². The SMILES string of the molecule is Cc1ccc(C(=O)N(CCO)C2CCCC2)s1. The van der Waals surface area contributed by atoms with E-state index in [9.17, 15) is 4.79 Å². The topological polar surface area (TPSA) is 40.5 Å². The first kappa shape index (κ1) is 12.6. The molecule has 0 saturated heterocycles. The molecule has 0 aromatic carbocycles. The number of aryl methyl sites for hydroxylation is 1. The quantitative estimate of drug-likeness (QED) is 0.895. The zero-order valence-electron chi connectivity index (χ0n) is 10.2. The van der Waals surface area contributed by atoms with Gasteiger partial charge >= 0.3 is 0 Å². The van der Waals surface area contributed by atoms with Crippen molar-refractivity contribution >= 4 is 17.2 Å². The first-order valence-corrected chi connectivity index (χ1v) is 7.02. The predicted octanol–water partition coefficient (Wildman–Crippen LogP) is 2.43. The van der Waals surface area contributed by atoms with E-state index in [0.29, 0.717) is 12.6 Å². The maximum absolute atomic E-state index is 12.4. The highest BCUT2D eigenvalue weighted by atomic mass is 32.1. The van der Waals surface area contributed by atoms with Crippen LogP contribution in [0.4, 0.5) is 0 Å². The molecule has 1 aromatic rings. The van der Waals surface area contributed by atoms with Crippen LogP contribution in [0.1, 0.15) is 40.2 Å². The van der Waals surface area contributed by atoms with Crippen molar-refractivity contribution in [1.29, 1.82) is 0 Å². The smallest absolute Gasteiger partial charge is 0.264 e. The number of hydrogen-bond acceptors (Lipinski definition) is 3. The Morgan fingerprint density at radius 1 is 1.47 bits per heavy atom. The summed E-state index contributed by atoms with van der Waals surface area (Å²) in [6.07, 6.45) is 4.55. The summed E-state index contributed by atoms with van der Waals surface area (Å²) in [4.78, 5) is 16.2. The third-order valence-corrected chi connectivity index (χ3v) is 4.31. The van der Waals surface area contributed by atoms with Crippen LogP contribution in [0, 0.1) is 6.92 Å². The fourth-order valence-corrected chi connectivity index (χ4v) is 3.29. The van der Waals surface area contributed by atoms with Gasteiger partial charge in [0, 0.05) is 17.5 Å². The Bertz CT molecular complexity index is 383. The van der Waals surface area contributed by atoms with Crippen LogP contribution in [-0.4, -0.2) is 35.1 Å². The first-order chi connectivity index (χ1) is 8.22. The summed E-state index contributed by atoms with van der Waals surface area (Å²) in [5.41, 5.74) is 0. The maximum Gasteiger partial charge on any atom is 0.264 e. The first-order valence-electron chi connectivity index (χ1n) is 6.20. The summed E-state index contributed by atoms with van der Waals surface area (Å²) in [6.45, 7) is 2.51. The number of thiophene rings is 1. The molecule has 1 heterocycles. The third-order valence-electron chi connectivity index (χ3n) is 3.32. The average molecular weight is 253 g/mol. The molecule has 1 aliphatic rings. The molecule has 1 amide bonds. The van der Waals surface area contributed by atoms with Gasteiger partial charge in [-0.3, -0.25) is 4.79 Å². The lowest BCUT2D eigenvalue weighted by atomic mass is 10.2. The van der Waals surface area contributed by atoms with E-state index < -0.39 is 0 Å². The van der Waals surface area contributed by atoms with Crippen molar-refractivity contribution in [3.8, 4) is 0 Å². The molecule has 94 valence electrons. The minimum absolute atomic E-state index is 0.0482. The maximum atomic E-state index is 12.4. The fraction of sp³-hybridized carbons (Fsp3) is 0.615. The van der Waals surface area contributed by atoms with Crippen LogP contribution >= 0.6 is 11.3 Å². The minimum Gasteiger partial charge on any atom is -0.395 e. The zero-order valence-corrected chi connectivity index (χ0v) is 11.0. The second-order valence-corrected chi connectivity index (χ2v) is 5.86. The van der Waals surface area contributed by atoms with Crippen LogP contribution in [0.25, 0.3) is 0 Å². The summed E-state index contributed by atoms with van der Waals surface area (Å²) in [6, 6.07) is 4.20. The molecule has 2 rings (SSSR count). The molecule has 1 aromatic heterocycles. The van der Waals surface area contributed by atoms with Crippen LogP contribution in [0.5, 0.6) is 0 Å². The van der Waals surface area contributed by atoms with E-state index >= 15 is 0 Å². The van der Waals surface area contributed by atoms with E-state index in [4.69, 9.17) is 5.11 Å². The summed E-state index contributed by atoms with van der Waals surface area (Å²) in [5, 5.41) is 9.11. The number of aliphatic hydroxyl groups is 1. The Morgan fingerprint density at radius 2 is 2.18 bits per heavy atom. The summed E-state index contributed by atoms with van der Waals surface area (Å²) < 4.78 is 0. The van der Waals surface area contributed by atoms with Crippen molar-refractivity contribution in [2.45, 2.75) is 38.6 Å². The molecule has 0 aliphatic heterocycles. The summed E-state index contributed by atoms with van der Waals surface area (Å²) >= 11 is 1.54. The van der Waals surface area contributed by atoms with Crippen LogP contribution in [0.3, 0.4) is 0 Å². The number of carbonyl (C=O) groups is 1. The van der Waals surface area contributed by atoms with E-state index in [0.717, 1.165) is 22.6 Å². The monoisotopic (exact) mass is 253 g/mol. The zero-order chi connectivity index (χ0) is 12.3. The molecular formula is C13H19NO2S. The molecule has 3 nitrogen and oxygen atoms in total. The lowest BCUT2D eigenvalue weighted by molar-refractivity contribution is 0.0643. The van der Waals surface area contributed by atoms with Crippen LogP contribution < -0.4 is 0 Å². The molecule has 0 spiro atoms. The molecule has 0 bridgehead atoms. The van der Waals surface area contributed by atoms with Gasteiger partial charge in [-0.25, -0.2) is 0 Å². The molecule has 1 aliphatic carbocycles. The van der Waals surface area contributed by atoms with Gasteiger partial charge in [0.25, 0.3) is 5.91 Å². The Balaban J connectivity index is 2.12. The Labute approximate surface area is 106 Å². The Morgan fingerprint density at radius 3 is 2.71 bits per heavy atom. The summed E-state index contributed by atoms with van der Waals surface area (Å²) in [5.74, 6) is 0.0871. The van der Waals surface area contributed by atoms with Gasteiger partial charge in [0.1, 0.15) is 0 Å². The third kappa shape index (κ3) is 2.87. The van der Waals surface area contributed by atoms with E-state index in [-0.39, 0.29) is 12.5 Å². The Hall–Kier alpha value is -0.870. The largest absolute Gasteiger partial charge is 0.395 e. The molecule has 17 heavy (non-hydrogen) atoms.